The van der Waals surface area contributed by atoms with Gasteiger partial charge in [-0.2, -0.15) is 22.1 Å². The maximum Gasteiger partial charge on any atom is 0.282 e. The van der Waals surface area contributed by atoms with Crippen LogP contribution < -0.4 is 0 Å². The standard InChI is InChI=1S/C16H29N5O3S/c1-14-12-15(2)21(17-14)13-16(3)18-4-6-19(7-5-18)25(22,23)20-8-10-24-11-9-20/h12,16H,4-11,13H2,1-3H3. The van der Waals surface area contributed by atoms with E-state index in [1.54, 1.807) is 8.61 Å². The lowest BCUT2D eigenvalue weighted by Gasteiger charge is -2.39. The average molecular weight is 372 g/mol. The van der Waals surface area contributed by atoms with Gasteiger partial charge in [0.15, 0.2) is 0 Å². The van der Waals surface area contributed by atoms with Crippen LogP contribution >= 0.6 is 0 Å². The molecular weight excluding hydrogens is 342 g/mol. The topological polar surface area (TPSA) is 70.9 Å². The molecule has 0 radical (unpaired) electrons. The van der Waals surface area contributed by atoms with E-state index in [-0.39, 0.29) is 0 Å². The van der Waals surface area contributed by atoms with E-state index >= 15 is 0 Å². The highest BCUT2D eigenvalue weighted by Gasteiger charge is 2.34. The third kappa shape index (κ3) is 4.22. The second kappa shape index (κ2) is 7.71. The average Bonchev–Trinajstić information content (AvgIpc) is 2.93. The van der Waals surface area contributed by atoms with Crippen molar-refractivity contribution >= 4 is 10.2 Å². The zero-order valence-corrected chi connectivity index (χ0v) is 16.2. The molecule has 0 spiro atoms. The third-order valence-electron chi connectivity index (χ3n) is 5.06. The van der Waals surface area contributed by atoms with Gasteiger partial charge in [0.05, 0.1) is 25.5 Å². The number of rotatable bonds is 5. The highest BCUT2D eigenvalue weighted by atomic mass is 32.2. The van der Waals surface area contributed by atoms with Gasteiger partial charge in [-0.1, -0.05) is 0 Å². The summed E-state index contributed by atoms with van der Waals surface area (Å²) in [5.74, 6) is 0. The van der Waals surface area contributed by atoms with Crippen LogP contribution in [0.25, 0.3) is 0 Å². The maximum absolute atomic E-state index is 12.7. The fourth-order valence-corrected chi connectivity index (χ4v) is 5.10. The number of morpholine rings is 1. The Morgan fingerprint density at radius 1 is 1.08 bits per heavy atom. The van der Waals surface area contributed by atoms with Gasteiger partial charge in [0.25, 0.3) is 10.2 Å². The summed E-state index contributed by atoms with van der Waals surface area (Å²) in [7, 11) is -3.35. The Balaban J connectivity index is 1.55. The fourth-order valence-electron chi connectivity index (χ4n) is 3.54. The molecule has 25 heavy (non-hydrogen) atoms. The number of piperazine rings is 1. The third-order valence-corrected chi connectivity index (χ3v) is 7.10. The van der Waals surface area contributed by atoms with Crippen LogP contribution in [0.2, 0.25) is 0 Å². The molecule has 8 nitrogen and oxygen atoms in total. The van der Waals surface area contributed by atoms with Gasteiger partial charge in [-0.25, -0.2) is 0 Å². The Morgan fingerprint density at radius 3 is 2.24 bits per heavy atom. The van der Waals surface area contributed by atoms with Gasteiger partial charge in [0.2, 0.25) is 0 Å². The molecule has 3 heterocycles. The van der Waals surface area contributed by atoms with Gasteiger partial charge in [0.1, 0.15) is 0 Å². The van der Waals surface area contributed by atoms with Crippen molar-refractivity contribution in [1.29, 1.82) is 0 Å². The summed E-state index contributed by atoms with van der Waals surface area (Å²) in [6, 6.07) is 2.41. The smallest absolute Gasteiger partial charge is 0.282 e. The first-order chi connectivity index (χ1) is 11.9. The molecule has 1 aromatic rings. The number of ether oxygens (including phenoxy) is 1. The van der Waals surface area contributed by atoms with Crippen molar-refractivity contribution in [3.05, 3.63) is 17.5 Å². The van der Waals surface area contributed by atoms with Crippen LogP contribution in [-0.2, 0) is 21.5 Å². The molecule has 2 fully saturated rings. The Labute approximate surface area is 150 Å². The van der Waals surface area contributed by atoms with Gasteiger partial charge >= 0.3 is 0 Å². The minimum absolute atomic E-state index is 0.325. The monoisotopic (exact) mass is 371 g/mol. The van der Waals surface area contributed by atoms with Crippen LogP contribution in [0.1, 0.15) is 18.3 Å². The summed E-state index contributed by atoms with van der Waals surface area (Å²) in [5, 5.41) is 4.53. The van der Waals surface area contributed by atoms with Crippen molar-refractivity contribution in [3.8, 4) is 0 Å². The first-order valence-electron chi connectivity index (χ1n) is 8.96. The molecule has 9 heteroatoms. The van der Waals surface area contributed by atoms with Crippen molar-refractivity contribution in [2.24, 2.45) is 0 Å². The van der Waals surface area contributed by atoms with Crippen LogP contribution in [0.4, 0.5) is 0 Å². The van der Waals surface area contributed by atoms with Gasteiger partial charge < -0.3 is 4.74 Å². The lowest BCUT2D eigenvalue weighted by molar-refractivity contribution is 0.0671. The molecule has 0 aromatic carbocycles. The van der Waals surface area contributed by atoms with Crippen LogP contribution in [0.15, 0.2) is 6.07 Å². The van der Waals surface area contributed by atoms with E-state index in [1.807, 2.05) is 11.6 Å². The van der Waals surface area contributed by atoms with Crippen molar-refractivity contribution in [2.45, 2.75) is 33.4 Å². The predicted octanol–water partition coefficient (Wildman–Crippen LogP) is 0.0830. The first kappa shape index (κ1) is 18.8. The molecule has 1 unspecified atom stereocenters. The Kier molecular flexibility index (Phi) is 5.79. The van der Waals surface area contributed by atoms with Crippen LogP contribution in [-0.4, -0.2) is 90.2 Å². The lowest BCUT2D eigenvalue weighted by atomic mass is 10.2. The van der Waals surface area contributed by atoms with Gasteiger partial charge in [-0.15, -0.1) is 0 Å². The number of aromatic nitrogens is 2. The molecule has 2 aliphatic rings. The summed E-state index contributed by atoms with van der Waals surface area (Å²) in [6.45, 7) is 11.6. The Morgan fingerprint density at radius 2 is 1.68 bits per heavy atom. The zero-order valence-electron chi connectivity index (χ0n) is 15.4. The number of hydrogen-bond donors (Lipinski definition) is 0. The summed E-state index contributed by atoms with van der Waals surface area (Å²) < 4.78 is 35.9. The van der Waals surface area contributed by atoms with Gasteiger partial charge in [0, 0.05) is 51.0 Å². The van der Waals surface area contributed by atoms with Crippen molar-refractivity contribution in [3.63, 3.8) is 0 Å². The molecular formula is C16H29N5O3S. The minimum Gasteiger partial charge on any atom is -0.379 e. The fraction of sp³-hybridized carbons (Fsp3) is 0.812. The molecule has 0 N–H and O–H groups in total. The van der Waals surface area contributed by atoms with Gasteiger partial charge in [-0.3, -0.25) is 9.58 Å². The number of aryl methyl sites for hydroxylation is 2. The number of hydrogen-bond acceptors (Lipinski definition) is 5. The second-order valence-electron chi connectivity index (χ2n) is 6.91. The SMILES string of the molecule is Cc1cc(C)n(CC(C)N2CCN(S(=O)(=O)N3CCOCC3)CC2)n1. The Hall–Kier alpha value is -1.00. The van der Waals surface area contributed by atoms with Gasteiger partial charge in [-0.05, 0) is 26.8 Å². The van der Waals surface area contributed by atoms with E-state index < -0.39 is 10.2 Å². The van der Waals surface area contributed by atoms with Crippen molar-refractivity contribution in [1.82, 2.24) is 23.3 Å². The lowest BCUT2D eigenvalue weighted by Crippen LogP contribution is -2.56. The summed E-state index contributed by atoms with van der Waals surface area (Å²) in [5.41, 5.74) is 2.20. The zero-order chi connectivity index (χ0) is 18.0. The molecule has 0 amide bonds. The normalized spacial score (nSPS) is 23.0. The molecule has 2 saturated heterocycles. The first-order valence-corrected chi connectivity index (χ1v) is 10.4. The quantitative estimate of drug-likeness (QED) is 0.733. The van der Waals surface area contributed by atoms with E-state index in [4.69, 9.17) is 4.74 Å². The highest BCUT2D eigenvalue weighted by molar-refractivity contribution is 7.86. The van der Waals surface area contributed by atoms with E-state index in [9.17, 15) is 8.42 Å². The molecule has 1 atom stereocenters. The van der Waals surface area contributed by atoms with Crippen LogP contribution in [0.3, 0.4) is 0 Å². The second-order valence-corrected chi connectivity index (χ2v) is 8.84. The highest BCUT2D eigenvalue weighted by Crippen LogP contribution is 2.16. The van der Waals surface area contributed by atoms with E-state index in [1.165, 1.54) is 0 Å². The Bertz CT molecular complexity index is 676. The molecule has 2 aliphatic heterocycles. The molecule has 3 rings (SSSR count). The van der Waals surface area contributed by atoms with E-state index in [0.717, 1.165) is 31.0 Å². The minimum atomic E-state index is -3.35. The molecule has 1 aromatic heterocycles. The summed E-state index contributed by atoms with van der Waals surface area (Å²) >= 11 is 0. The molecule has 0 saturated carbocycles. The van der Waals surface area contributed by atoms with E-state index in [2.05, 4.69) is 29.9 Å². The molecule has 0 bridgehead atoms. The largest absolute Gasteiger partial charge is 0.379 e. The number of nitrogens with zero attached hydrogens (tertiary/aromatic N) is 5. The van der Waals surface area contributed by atoms with Crippen molar-refractivity contribution in [2.75, 3.05) is 52.5 Å². The summed E-state index contributed by atoms with van der Waals surface area (Å²) in [6.07, 6.45) is 0. The molecule has 142 valence electrons. The van der Waals surface area contributed by atoms with Crippen molar-refractivity contribution < 1.29 is 13.2 Å². The summed E-state index contributed by atoms with van der Waals surface area (Å²) in [4.78, 5) is 2.35. The predicted molar refractivity (Wildman–Crippen MR) is 95.6 cm³/mol. The van der Waals surface area contributed by atoms with E-state index in [0.29, 0.717) is 45.4 Å². The molecule has 0 aliphatic carbocycles. The van der Waals surface area contributed by atoms with Crippen LogP contribution in [0.5, 0.6) is 0 Å². The van der Waals surface area contributed by atoms with Crippen LogP contribution in [0, 0.1) is 13.8 Å². The maximum atomic E-state index is 12.7.